The minimum absolute atomic E-state index is 0.151. The third-order valence-corrected chi connectivity index (χ3v) is 7.78. The van der Waals surface area contributed by atoms with Crippen LogP contribution in [-0.4, -0.2) is 64.9 Å². The number of carbonyl (C=O) groups excluding carboxylic acids is 1. The van der Waals surface area contributed by atoms with Crippen molar-refractivity contribution < 1.29 is 22.3 Å². The van der Waals surface area contributed by atoms with E-state index in [1.165, 1.54) is 6.07 Å². The monoisotopic (exact) mass is 474 g/mol. The van der Waals surface area contributed by atoms with E-state index in [-0.39, 0.29) is 22.5 Å². The van der Waals surface area contributed by atoms with E-state index in [0.29, 0.717) is 50.6 Å². The van der Waals surface area contributed by atoms with Crippen LogP contribution in [0.15, 0.2) is 41.3 Å². The number of piperazine rings is 1. The molecule has 0 atom stereocenters. The van der Waals surface area contributed by atoms with Gasteiger partial charge in [-0.25, -0.2) is 12.8 Å². The highest BCUT2D eigenvalue weighted by Gasteiger charge is 2.29. The summed E-state index contributed by atoms with van der Waals surface area (Å²) in [6, 6.07) is 10.2. The van der Waals surface area contributed by atoms with Gasteiger partial charge < -0.3 is 14.5 Å². The third kappa shape index (κ3) is 5.22. The maximum Gasteiger partial charge on any atom is 0.254 e. The molecule has 0 N–H and O–H groups in total. The molecule has 6 nitrogen and oxygen atoms in total. The fourth-order valence-corrected chi connectivity index (χ4v) is 5.31. The zero-order chi connectivity index (χ0) is 23.6. The molecule has 2 saturated heterocycles. The van der Waals surface area contributed by atoms with Crippen LogP contribution in [0, 0.1) is 5.82 Å². The topological polar surface area (TPSA) is 66.9 Å². The Bertz CT molecular complexity index is 1120. The molecular formula is C25H31FN2O4S. The predicted octanol–water partition coefficient (Wildman–Crippen LogP) is 3.65. The van der Waals surface area contributed by atoms with Crippen LogP contribution in [0.25, 0.3) is 0 Å². The molecule has 1 amide bonds. The molecule has 2 fully saturated rings. The van der Waals surface area contributed by atoms with E-state index < -0.39 is 9.84 Å². The Morgan fingerprint density at radius 3 is 2.36 bits per heavy atom. The van der Waals surface area contributed by atoms with Crippen molar-refractivity contribution in [1.82, 2.24) is 4.90 Å². The summed E-state index contributed by atoms with van der Waals surface area (Å²) < 4.78 is 44.4. The average molecular weight is 475 g/mol. The number of anilines is 1. The predicted molar refractivity (Wildman–Crippen MR) is 126 cm³/mol. The largest absolute Gasteiger partial charge is 0.381 e. The van der Waals surface area contributed by atoms with Crippen LogP contribution in [0.5, 0.6) is 0 Å². The zero-order valence-corrected chi connectivity index (χ0v) is 20.0. The van der Waals surface area contributed by atoms with Crippen molar-refractivity contribution in [3.63, 3.8) is 0 Å². The first-order chi connectivity index (χ1) is 15.8. The van der Waals surface area contributed by atoms with Gasteiger partial charge >= 0.3 is 0 Å². The van der Waals surface area contributed by atoms with E-state index in [0.717, 1.165) is 36.6 Å². The molecule has 0 aliphatic carbocycles. The second-order valence-corrected chi connectivity index (χ2v) is 10.8. The standard InChI is InChI=1S/C25H31FN2O4S/c1-3-18-4-7-24(23(26)16-18)27-10-12-28(13-11-27)25(29)22-17-20(33(2,30)31)5-6-21(22)19-8-14-32-15-9-19/h4-7,16-17,19H,3,8-15H2,1-2H3. The van der Waals surface area contributed by atoms with E-state index in [9.17, 15) is 17.6 Å². The molecule has 33 heavy (non-hydrogen) atoms. The van der Waals surface area contributed by atoms with Gasteiger partial charge in [0.05, 0.1) is 10.6 Å². The summed E-state index contributed by atoms with van der Waals surface area (Å²) in [7, 11) is -3.44. The molecule has 2 aliphatic rings. The van der Waals surface area contributed by atoms with Crippen LogP contribution >= 0.6 is 0 Å². The number of hydrogen-bond acceptors (Lipinski definition) is 5. The Morgan fingerprint density at radius 2 is 1.76 bits per heavy atom. The van der Waals surface area contributed by atoms with Gasteiger partial charge in [0.15, 0.2) is 9.84 Å². The van der Waals surface area contributed by atoms with Crippen LogP contribution < -0.4 is 4.90 Å². The van der Waals surface area contributed by atoms with Gasteiger partial charge in [0.2, 0.25) is 0 Å². The van der Waals surface area contributed by atoms with Crippen LogP contribution in [0.4, 0.5) is 10.1 Å². The molecule has 2 aromatic rings. The summed E-state index contributed by atoms with van der Waals surface area (Å²) in [6.45, 7) is 5.19. The molecular weight excluding hydrogens is 443 g/mol. The summed E-state index contributed by atoms with van der Waals surface area (Å²) in [5.41, 5.74) is 2.86. The molecule has 8 heteroatoms. The summed E-state index contributed by atoms with van der Waals surface area (Å²) >= 11 is 0. The lowest BCUT2D eigenvalue weighted by atomic mass is 9.88. The lowest BCUT2D eigenvalue weighted by Gasteiger charge is -2.37. The highest BCUT2D eigenvalue weighted by molar-refractivity contribution is 7.90. The van der Waals surface area contributed by atoms with E-state index >= 15 is 0 Å². The molecule has 178 valence electrons. The van der Waals surface area contributed by atoms with Crippen molar-refractivity contribution in [2.75, 3.05) is 50.5 Å². The van der Waals surface area contributed by atoms with E-state index in [2.05, 4.69) is 0 Å². The molecule has 2 aromatic carbocycles. The van der Waals surface area contributed by atoms with Gasteiger partial charge in [-0.1, -0.05) is 19.1 Å². The van der Waals surface area contributed by atoms with Crippen LogP contribution in [0.1, 0.15) is 47.2 Å². The van der Waals surface area contributed by atoms with Gasteiger partial charge in [-0.2, -0.15) is 0 Å². The second kappa shape index (κ2) is 9.81. The van der Waals surface area contributed by atoms with Crippen molar-refractivity contribution in [3.8, 4) is 0 Å². The summed E-state index contributed by atoms with van der Waals surface area (Å²) in [5, 5.41) is 0. The van der Waals surface area contributed by atoms with Crippen molar-refractivity contribution in [1.29, 1.82) is 0 Å². The minimum atomic E-state index is -3.44. The molecule has 0 saturated carbocycles. The number of hydrogen-bond donors (Lipinski definition) is 0. The zero-order valence-electron chi connectivity index (χ0n) is 19.2. The summed E-state index contributed by atoms with van der Waals surface area (Å²) in [5.74, 6) is -0.237. The average Bonchev–Trinajstić information content (AvgIpc) is 2.83. The number of rotatable bonds is 5. The first-order valence-electron chi connectivity index (χ1n) is 11.5. The lowest BCUT2D eigenvalue weighted by Crippen LogP contribution is -2.49. The van der Waals surface area contributed by atoms with Gasteiger partial charge in [0.1, 0.15) is 5.82 Å². The first kappa shape index (κ1) is 23.7. The summed E-state index contributed by atoms with van der Waals surface area (Å²) in [6.07, 6.45) is 3.54. The maximum atomic E-state index is 14.6. The van der Waals surface area contributed by atoms with Crippen LogP contribution in [0.2, 0.25) is 0 Å². The normalized spacial score (nSPS) is 17.9. The smallest absolute Gasteiger partial charge is 0.254 e. The maximum absolute atomic E-state index is 14.6. The Hall–Kier alpha value is -2.45. The van der Waals surface area contributed by atoms with E-state index in [4.69, 9.17) is 4.74 Å². The van der Waals surface area contributed by atoms with Crippen molar-refractivity contribution in [2.24, 2.45) is 0 Å². The van der Waals surface area contributed by atoms with Gasteiger partial charge in [-0.3, -0.25) is 4.79 Å². The van der Waals surface area contributed by atoms with Crippen molar-refractivity contribution in [3.05, 3.63) is 58.9 Å². The second-order valence-electron chi connectivity index (χ2n) is 8.83. The molecule has 0 unspecified atom stereocenters. The van der Waals surface area contributed by atoms with Crippen LogP contribution in [0.3, 0.4) is 0 Å². The molecule has 2 heterocycles. The van der Waals surface area contributed by atoms with Crippen molar-refractivity contribution in [2.45, 2.75) is 37.0 Å². The van der Waals surface area contributed by atoms with E-state index in [1.54, 1.807) is 23.1 Å². The molecule has 0 bridgehead atoms. The Morgan fingerprint density at radius 1 is 1.06 bits per heavy atom. The number of amides is 1. The number of benzene rings is 2. The molecule has 0 spiro atoms. The highest BCUT2D eigenvalue weighted by atomic mass is 32.2. The fraction of sp³-hybridized carbons (Fsp3) is 0.480. The quantitative estimate of drug-likeness (QED) is 0.662. The lowest BCUT2D eigenvalue weighted by molar-refractivity contribution is 0.0732. The van der Waals surface area contributed by atoms with Gasteiger partial charge in [-0.05, 0) is 60.6 Å². The number of aryl methyl sites for hydroxylation is 1. The van der Waals surface area contributed by atoms with Crippen LogP contribution in [-0.2, 0) is 21.0 Å². The molecule has 2 aliphatic heterocycles. The third-order valence-electron chi connectivity index (χ3n) is 6.67. The minimum Gasteiger partial charge on any atom is -0.381 e. The number of ether oxygens (including phenoxy) is 1. The number of halogens is 1. The fourth-order valence-electron chi connectivity index (χ4n) is 4.66. The SMILES string of the molecule is CCc1ccc(N2CCN(C(=O)c3cc(S(C)(=O)=O)ccc3C3CCOCC3)CC2)c(F)c1. The van der Waals surface area contributed by atoms with Gasteiger partial charge in [0, 0.05) is 51.2 Å². The van der Waals surface area contributed by atoms with Gasteiger partial charge in [0.25, 0.3) is 5.91 Å². The van der Waals surface area contributed by atoms with E-state index in [1.807, 2.05) is 24.0 Å². The Kier molecular flexibility index (Phi) is 7.05. The Balaban J connectivity index is 1.55. The summed E-state index contributed by atoms with van der Waals surface area (Å²) in [4.78, 5) is 17.4. The number of carbonyl (C=O) groups is 1. The molecule has 0 aromatic heterocycles. The first-order valence-corrected chi connectivity index (χ1v) is 13.4. The highest BCUT2D eigenvalue weighted by Crippen LogP contribution is 2.32. The van der Waals surface area contributed by atoms with Gasteiger partial charge in [-0.15, -0.1) is 0 Å². The number of nitrogens with zero attached hydrogens (tertiary/aromatic N) is 2. The number of sulfone groups is 1. The molecule has 0 radical (unpaired) electrons. The van der Waals surface area contributed by atoms with Crippen molar-refractivity contribution >= 4 is 21.4 Å². The Labute approximate surface area is 195 Å². The molecule has 4 rings (SSSR count).